The first-order valence-corrected chi connectivity index (χ1v) is 11.2. The van der Waals surface area contributed by atoms with Crippen molar-refractivity contribution in [2.75, 3.05) is 0 Å². The van der Waals surface area contributed by atoms with Crippen molar-refractivity contribution in [1.82, 2.24) is 0 Å². The molecule has 0 aromatic rings. The zero-order chi connectivity index (χ0) is 20.7. The Hall–Kier alpha value is -0.870. The van der Waals surface area contributed by atoms with Crippen LogP contribution in [0.15, 0.2) is 11.6 Å². The second-order valence-corrected chi connectivity index (χ2v) is 11.0. The number of carbonyl (C=O) groups is 1. The van der Waals surface area contributed by atoms with E-state index in [1.165, 1.54) is 25.7 Å². The largest absolute Gasteiger partial charge is 0.481 e. The quantitative estimate of drug-likeness (QED) is 0.450. The van der Waals surface area contributed by atoms with Crippen molar-refractivity contribution < 1.29 is 19.7 Å². The predicted molar refractivity (Wildman–Crippen MR) is 111 cm³/mol. The standard InChI is InChI=1S/C24H40O4/c1-16-8-9-20-22(3,4)12-7-13-24(20,6)18(16)10-14-23(5)15-11-19(27-28-23)17(2)21(25)26/h8,17-20H,7,9-15H2,1-6H3,(H,25,26)/t17-,18?,19-,20+,23-,24-/m0/s1. The average molecular weight is 393 g/mol. The molecule has 1 heterocycles. The molecule has 28 heavy (non-hydrogen) atoms. The highest BCUT2D eigenvalue weighted by Gasteiger charge is 2.52. The topological polar surface area (TPSA) is 55.8 Å². The lowest BCUT2D eigenvalue weighted by Gasteiger charge is -2.57. The molecule has 0 aromatic carbocycles. The lowest BCUT2D eigenvalue weighted by Crippen LogP contribution is -2.49. The summed E-state index contributed by atoms with van der Waals surface area (Å²) in [6.07, 6.45) is 11.0. The van der Waals surface area contributed by atoms with Gasteiger partial charge in [-0.15, -0.1) is 0 Å². The van der Waals surface area contributed by atoms with Gasteiger partial charge < -0.3 is 5.11 Å². The summed E-state index contributed by atoms with van der Waals surface area (Å²) in [6.45, 7) is 13.6. The van der Waals surface area contributed by atoms with Crippen molar-refractivity contribution in [3.8, 4) is 0 Å². The van der Waals surface area contributed by atoms with Crippen molar-refractivity contribution in [3.05, 3.63) is 11.6 Å². The van der Waals surface area contributed by atoms with Crippen LogP contribution in [0, 0.1) is 28.6 Å². The van der Waals surface area contributed by atoms with Gasteiger partial charge in [0.15, 0.2) is 0 Å². The first-order valence-electron chi connectivity index (χ1n) is 11.2. The fourth-order valence-electron chi connectivity index (χ4n) is 6.52. The molecule has 6 atom stereocenters. The van der Waals surface area contributed by atoms with Crippen LogP contribution >= 0.6 is 0 Å². The summed E-state index contributed by atoms with van der Waals surface area (Å²) in [5, 5.41) is 9.21. The van der Waals surface area contributed by atoms with Crippen molar-refractivity contribution in [1.29, 1.82) is 0 Å². The Morgan fingerprint density at radius 1 is 1.25 bits per heavy atom. The van der Waals surface area contributed by atoms with Crippen LogP contribution in [0.25, 0.3) is 0 Å². The van der Waals surface area contributed by atoms with Gasteiger partial charge in [-0.25, -0.2) is 9.78 Å². The van der Waals surface area contributed by atoms with Crippen molar-refractivity contribution in [2.45, 2.75) is 105 Å². The number of hydrogen-bond acceptors (Lipinski definition) is 3. The molecule has 3 aliphatic rings. The van der Waals surface area contributed by atoms with Crippen LogP contribution in [0.4, 0.5) is 0 Å². The number of hydrogen-bond donors (Lipinski definition) is 1. The second kappa shape index (κ2) is 7.75. The Morgan fingerprint density at radius 3 is 2.57 bits per heavy atom. The molecule has 2 fully saturated rings. The molecule has 1 N–H and O–H groups in total. The maximum absolute atomic E-state index is 11.2. The predicted octanol–water partition coefficient (Wildman–Crippen LogP) is 6.16. The summed E-state index contributed by atoms with van der Waals surface area (Å²) in [5.41, 5.74) is 2.01. The molecule has 1 unspecified atom stereocenters. The lowest BCUT2D eigenvalue weighted by atomic mass is 9.48. The lowest BCUT2D eigenvalue weighted by molar-refractivity contribution is -0.411. The summed E-state index contributed by atoms with van der Waals surface area (Å²) in [4.78, 5) is 22.6. The highest BCUT2D eigenvalue weighted by atomic mass is 17.2. The summed E-state index contributed by atoms with van der Waals surface area (Å²) < 4.78 is 0. The minimum atomic E-state index is -0.820. The van der Waals surface area contributed by atoms with E-state index in [1.54, 1.807) is 12.5 Å². The Morgan fingerprint density at radius 2 is 1.96 bits per heavy atom. The van der Waals surface area contributed by atoms with Gasteiger partial charge in [-0.3, -0.25) is 4.79 Å². The van der Waals surface area contributed by atoms with Gasteiger partial charge in [0.25, 0.3) is 0 Å². The fourth-order valence-corrected chi connectivity index (χ4v) is 6.52. The molecule has 0 aromatic heterocycles. The van der Waals surface area contributed by atoms with Gasteiger partial charge in [0.2, 0.25) is 0 Å². The third-order valence-electron chi connectivity index (χ3n) is 8.54. The Bertz CT molecular complexity index is 614. The van der Waals surface area contributed by atoms with Crippen molar-refractivity contribution >= 4 is 5.97 Å². The molecular weight excluding hydrogens is 352 g/mol. The Kier molecular flexibility index (Phi) is 6.05. The molecule has 1 saturated heterocycles. The number of rotatable bonds is 5. The average Bonchev–Trinajstić information content (AvgIpc) is 2.60. The molecule has 3 rings (SSSR count). The van der Waals surface area contributed by atoms with E-state index in [2.05, 4.69) is 40.7 Å². The zero-order valence-electron chi connectivity index (χ0n) is 18.7. The van der Waals surface area contributed by atoms with Crippen LogP contribution in [-0.2, 0) is 14.6 Å². The fraction of sp³-hybridized carbons (Fsp3) is 0.875. The molecule has 0 bridgehead atoms. The van der Waals surface area contributed by atoms with E-state index < -0.39 is 11.9 Å². The summed E-state index contributed by atoms with van der Waals surface area (Å²) in [6, 6.07) is 0. The van der Waals surface area contributed by atoms with E-state index in [9.17, 15) is 9.90 Å². The van der Waals surface area contributed by atoms with Crippen molar-refractivity contribution in [3.63, 3.8) is 0 Å². The number of carboxylic acid groups (broad SMARTS) is 1. The minimum Gasteiger partial charge on any atom is -0.481 e. The van der Waals surface area contributed by atoms with E-state index >= 15 is 0 Å². The van der Waals surface area contributed by atoms with Crippen LogP contribution in [0.1, 0.15) is 92.9 Å². The van der Waals surface area contributed by atoms with Crippen LogP contribution < -0.4 is 0 Å². The van der Waals surface area contributed by atoms with Crippen LogP contribution in [0.5, 0.6) is 0 Å². The number of aliphatic carboxylic acids is 1. The van der Waals surface area contributed by atoms with E-state index in [1.807, 2.05) is 0 Å². The van der Waals surface area contributed by atoms with Gasteiger partial charge >= 0.3 is 5.97 Å². The van der Waals surface area contributed by atoms with Gasteiger partial charge in [0, 0.05) is 0 Å². The van der Waals surface area contributed by atoms with Gasteiger partial charge in [-0.1, -0.05) is 38.8 Å². The molecule has 1 saturated carbocycles. The molecule has 160 valence electrons. The second-order valence-electron chi connectivity index (χ2n) is 11.0. The van der Waals surface area contributed by atoms with Gasteiger partial charge in [-0.05, 0) is 88.4 Å². The number of fused-ring (bicyclic) bond motifs is 1. The van der Waals surface area contributed by atoms with E-state index in [0.29, 0.717) is 16.7 Å². The van der Waals surface area contributed by atoms with E-state index in [-0.39, 0.29) is 11.7 Å². The number of carboxylic acids is 1. The number of allylic oxidation sites excluding steroid dienone is 2. The van der Waals surface area contributed by atoms with Crippen LogP contribution in [0.2, 0.25) is 0 Å². The van der Waals surface area contributed by atoms with Gasteiger partial charge in [-0.2, -0.15) is 0 Å². The molecule has 0 radical (unpaired) electrons. The smallest absolute Gasteiger partial charge is 0.308 e. The van der Waals surface area contributed by atoms with Gasteiger partial charge in [0.1, 0.15) is 11.7 Å². The first kappa shape index (κ1) is 21.8. The van der Waals surface area contributed by atoms with E-state index in [4.69, 9.17) is 9.78 Å². The normalized spacial score (nSPS) is 41.6. The molecule has 4 heteroatoms. The third-order valence-corrected chi connectivity index (χ3v) is 8.54. The summed E-state index contributed by atoms with van der Waals surface area (Å²) >= 11 is 0. The summed E-state index contributed by atoms with van der Waals surface area (Å²) in [5.74, 6) is -0.00208. The maximum Gasteiger partial charge on any atom is 0.308 e. The molecule has 4 nitrogen and oxygen atoms in total. The first-order chi connectivity index (χ1) is 13.0. The molecule has 2 aliphatic carbocycles. The molecule has 0 amide bonds. The Balaban J connectivity index is 1.66. The third kappa shape index (κ3) is 4.05. The minimum absolute atomic E-state index is 0.317. The van der Waals surface area contributed by atoms with Crippen LogP contribution in [-0.4, -0.2) is 22.8 Å². The monoisotopic (exact) mass is 392 g/mol. The maximum atomic E-state index is 11.2. The highest BCUT2D eigenvalue weighted by molar-refractivity contribution is 5.70. The highest BCUT2D eigenvalue weighted by Crippen LogP contribution is 2.60. The SMILES string of the molecule is CC1=CC[C@@H]2C(C)(C)CCC[C@@]2(C)C1CC[C@@]1(C)CC[C@@H]([C@H](C)C(=O)O)OO1. The molecular formula is C24H40O4. The summed E-state index contributed by atoms with van der Waals surface area (Å²) in [7, 11) is 0. The molecule has 0 spiro atoms. The van der Waals surface area contributed by atoms with Crippen LogP contribution in [0.3, 0.4) is 0 Å². The van der Waals surface area contributed by atoms with Gasteiger partial charge in [0.05, 0.1) is 5.92 Å². The Labute approximate surface area is 171 Å². The zero-order valence-corrected chi connectivity index (χ0v) is 18.7. The van der Waals surface area contributed by atoms with E-state index in [0.717, 1.165) is 31.6 Å². The molecule has 1 aliphatic heterocycles. The van der Waals surface area contributed by atoms with Crippen molar-refractivity contribution in [2.24, 2.45) is 28.6 Å².